The maximum Gasteiger partial charge on any atom is 0.0978 e. The van der Waals surface area contributed by atoms with Crippen molar-refractivity contribution in [2.24, 2.45) is 0 Å². The van der Waals surface area contributed by atoms with Crippen molar-refractivity contribution < 1.29 is 0 Å². The van der Waals surface area contributed by atoms with Crippen LogP contribution in [0.4, 0.5) is 0 Å². The third-order valence-corrected chi connectivity index (χ3v) is 8.83. The molecule has 48 heavy (non-hydrogen) atoms. The van der Waals surface area contributed by atoms with Crippen molar-refractivity contribution in [1.29, 1.82) is 0 Å². The van der Waals surface area contributed by atoms with Gasteiger partial charge < -0.3 is 0 Å². The summed E-state index contributed by atoms with van der Waals surface area (Å²) in [6, 6.07) is 50.2. The lowest BCUT2D eigenvalue weighted by Crippen LogP contribution is -1.94. The molecule has 5 nitrogen and oxygen atoms in total. The molecule has 5 heterocycles. The molecule has 0 saturated carbocycles. The standard InChI is InChI=1S/C43H27N5/c1-2-10-36-34(9-1)41(35-22-21-32-8-7-25-46-42(32)43(35)48-36)31-19-17-29(18-20-31)28-13-15-30(16-14-28)33-26-39(37-11-3-5-23-44-37)47-40(27-33)38-12-4-6-24-45-38/h1-27H. The summed E-state index contributed by atoms with van der Waals surface area (Å²) in [7, 11) is 0. The number of hydrogen-bond donors (Lipinski definition) is 0. The van der Waals surface area contributed by atoms with Crippen LogP contribution in [0.25, 0.3) is 88.9 Å². The normalized spacial score (nSPS) is 11.3. The monoisotopic (exact) mass is 613 g/mol. The number of para-hydroxylation sites is 1. The van der Waals surface area contributed by atoms with Crippen LogP contribution in [0.5, 0.6) is 0 Å². The third-order valence-electron chi connectivity index (χ3n) is 8.83. The predicted octanol–water partition coefficient (Wildman–Crippen LogP) is 10.5. The Morgan fingerprint density at radius 1 is 0.333 bits per heavy atom. The van der Waals surface area contributed by atoms with Gasteiger partial charge in [0.15, 0.2) is 0 Å². The zero-order chi connectivity index (χ0) is 31.9. The third kappa shape index (κ3) is 4.95. The molecule has 0 aliphatic rings. The largest absolute Gasteiger partial charge is 0.255 e. The average Bonchev–Trinajstić information content (AvgIpc) is 3.17. The summed E-state index contributed by atoms with van der Waals surface area (Å²) in [5, 5.41) is 3.32. The fourth-order valence-corrected chi connectivity index (χ4v) is 6.48. The Morgan fingerprint density at radius 3 is 1.56 bits per heavy atom. The van der Waals surface area contributed by atoms with Crippen molar-refractivity contribution >= 4 is 32.7 Å². The molecule has 0 unspecified atom stereocenters. The highest BCUT2D eigenvalue weighted by atomic mass is 14.8. The fraction of sp³-hybridized carbons (Fsp3) is 0. The number of hydrogen-bond acceptors (Lipinski definition) is 5. The van der Waals surface area contributed by atoms with E-state index in [1.165, 1.54) is 5.56 Å². The van der Waals surface area contributed by atoms with Crippen molar-refractivity contribution in [2.45, 2.75) is 0 Å². The number of pyridine rings is 5. The summed E-state index contributed by atoms with van der Waals surface area (Å²) in [6.45, 7) is 0. The molecule has 0 atom stereocenters. The van der Waals surface area contributed by atoms with Gasteiger partial charge in [0.25, 0.3) is 0 Å². The summed E-state index contributed by atoms with van der Waals surface area (Å²) in [4.78, 5) is 23.8. The number of fused-ring (bicyclic) bond motifs is 4. The van der Waals surface area contributed by atoms with Gasteiger partial charge in [0.1, 0.15) is 0 Å². The molecule has 0 N–H and O–H groups in total. The topological polar surface area (TPSA) is 64.5 Å². The second kappa shape index (κ2) is 11.6. The van der Waals surface area contributed by atoms with Gasteiger partial charge in [0.05, 0.1) is 39.3 Å². The van der Waals surface area contributed by atoms with E-state index >= 15 is 0 Å². The summed E-state index contributed by atoms with van der Waals surface area (Å²) in [6.07, 6.45) is 5.43. The Kier molecular flexibility index (Phi) is 6.72. The molecule has 0 bridgehead atoms. The van der Waals surface area contributed by atoms with E-state index in [2.05, 4.69) is 107 Å². The molecule has 0 aliphatic carbocycles. The van der Waals surface area contributed by atoms with Crippen molar-refractivity contribution in [3.8, 4) is 56.2 Å². The molecule has 0 amide bonds. The van der Waals surface area contributed by atoms with Crippen LogP contribution in [0.3, 0.4) is 0 Å². The van der Waals surface area contributed by atoms with Crippen molar-refractivity contribution in [2.75, 3.05) is 0 Å². The smallest absolute Gasteiger partial charge is 0.0978 e. The quantitative estimate of drug-likeness (QED) is 0.143. The molecule has 0 spiro atoms. The van der Waals surface area contributed by atoms with Crippen LogP contribution in [0, 0.1) is 0 Å². The maximum absolute atomic E-state index is 5.06. The molecule has 9 aromatic rings. The first-order chi connectivity index (χ1) is 23.8. The van der Waals surface area contributed by atoms with E-state index in [4.69, 9.17) is 15.0 Å². The zero-order valence-corrected chi connectivity index (χ0v) is 25.8. The molecule has 5 heteroatoms. The lowest BCUT2D eigenvalue weighted by atomic mass is 9.93. The average molecular weight is 614 g/mol. The summed E-state index contributed by atoms with van der Waals surface area (Å²) in [5.74, 6) is 0. The lowest BCUT2D eigenvalue weighted by Gasteiger charge is -2.13. The molecular formula is C43H27N5. The second-order valence-corrected chi connectivity index (χ2v) is 11.8. The first-order valence-electron chi connectivity index (χ1n) is 15.9. The van der Waals surface area contributed by atoms with Gasteiger partial charge in [-0.1, -0.05) is 97.1 Å². The minimum atomic E-state index is 0.813. The number of benzene rings is 4. The molecule has 4 aromatic carbocycles. The molecule has 0 aliphatic heterocycles. The first-order valence-corrected chi connectivity index (χ1v) is 15.9. The molecular weight excluding hydrogens is 587 g/mol. The van der Waals surface area contributed by atoms with Gasteiger partial charge in [0, 0.05) is 40.3 Å². The van der Waals surface area contributed by atoms with Gasteiger partial charge in [-0.25, -0.2) is 9.97 Å². The highest BCUT2D eigenvalue weighted by molar-refractivity contribution is 6.15. The van der Waals surface area contributed by atoms with Crippen LogP contribution in [0.15, 0.2) is 164 Å². The zero-order valence-electron chi connectivity index (χ0n) is 25.8. The van der Waals surface area contributed by atoms with Crippen molar-refractivity contribution in [1.82, 2.24) is 24.9 Å². The number of nitrogens with zero attached hydrogens (tertiary/aromatic N) is 5. The minimum Gasteiger partial charge on any atom is -0.255 e. The van der Waals surface area contributed by atoms with Crippen LogP contribution in [0.2, 0.25) is 0 Å². The number of rotatable bonds is 5. The van der Waals surface area contributed by atoms with Crippen LogP contribution >= 0.6 is 0 Å². The Morgan fingerprint density at radius 2 is 0.917 bits per heavy atom. The van der Waals surface area contributed by atoms with E-state index in [9.17, 15) is 0 Å². The minimum absolute atomic E-state index is 0.813. The summed E-state index contributed by atoms with van der Waals surface area (Å²) < 4.78 is 0. The van der Waals surface area contributed by atoms with E-state index < -0.39 is 0 Å². The van der Waals surface area contributed by atoms with E-state index in [-0.39, 0.29) is 0 Å². The second-order valence-electron chi connectivity index (χ2n) is 11.8. The van der Waals surface area contributed by atoms with Gasteiger partial charge >= 0.3 is 0 Å². The molecule has 9 rings (SSSR count). The van der Waals surface area contributed by atoms with Crippen LogP contribution in [0.1, 0.15) is 0 Å². The molecule has 0 radical (unpaired) electrons. The maximum atomic E-state index is 5.06. The summed E-state index contributed by atoms with van der Waals surface area (Å²) in [5.41, 5.74) is 12.9. The molecule has 224 valence electrons. The molecule has 0 fully saturated rings. The Balaban J connectivity index is 1.09. The van der Waals surface area contributed by atoms with Gasteiger partial charge in [-0.2, -0.15) is 0 Å². The van der Waals surface area contributed by atoms with Gasteiger partial charge in [-0.3, -0.25) is 15.0 Å². The molecule has 0 saturated heterocycles. The lowest BCUT2D eigenvalue weighted by molar-refractivity contribution is 1.22. The van der Waals surface area contributed by atoms with Crippen LogP contribution in [-0.4, -0.2) is 24.9 Å². The van der Waals surface area contributed by atoms with Crippen molar-refractivity contribution in [3.63, 3.8) is 0 Å². The van der Waals surface area contributed by atoms with Gasteiger partial charge in [0.2, 0.25) is 0 Å². The fourth-order valence-electron chi connectivity index (χ4n) is 6.48. The van der Waals surface area contributed by atoms with E-state index in [1.54, 1.807) is 12.4 Å². The highest BCUT2D eigenvalue weighted by Crippen LogP contribution is 2.38. The predicted molar refractivity (Wildman–Crippen MR) is 195 cm³/mol. The Hall–Kier alpha value is -6.59. The van der Waals surface area contributed by atoms with E-state index in [0.717, 1.165) is 83.3 Å². The van der Waals surface area contributed by atoms with Crippen molar-refractivity contribution in [3.05, 3.63) is 164 Å². The van der Waals surface area contributed by atoms with E-state index in [0.29, 0.717) is 0 Å². The first kappa shape index (κ1) is 27.7. The Bertz CT molecular complexity index is 2520. The molecule has 5 aromatic heterocycles. The highest BCUT2D eigenvalue weighted by Gasteiger charge is 2.15. The van der Waals surface area contributed by atoms with Gasteiger partial charge in [-0.05, 0) is 76.3 Å². The summed E-state index contributed by atoms with van der Waals surface area (Å²) >= 11 is 0. The van der Waals surface area contributed by atoms with E-state index in [1.807, 2.05) is 54.7 Å². The SMILES string of the molecule is c1ccc(-c2cc(-c3ccc(-c4ccc(-c5c6ccccc6nc6c5ccc5cccnc56)cc4)cc3)cc(-c3ccccn3)n2)nc1. The van der Waals surface area contributed by atoms with Gasteiger partial charge in [-0.15, -0.1) is 0 Å². The van der Waals surface area contributed by atoms with Crippen LogP contribution < -0.4 is 0 Å². The van der Waals surface area contributed by atoms with Crippen LogP contribution in [-0.2, 0) is 0 Å². The Labute approximate surface area is 277 Å². The number of aromatic nitrogens is 5.